The lowest BCUT2D eigenvalue weighted by molar-refractivity contribution is -0.129. The Bertz CT molecular complexity index is 489. The molecule has 114 valence electrons. The molecule has 0 saturated carbocycles. The van der Waals surface area contributed by atoms with Crippen LogP contribution in [0, 0.1) is 5.82 Å². The minimum atomic E-state index is -0.187. The molecule has 1 aliphatic rings. The second-order valence-corrected chi connectivity index (χ2v) is 5.40. The van der Waals surface area contributed by atoms with Gasteiger partial charge in [-0.05, 0) is 37.4 Å². The van der Waals surface area contributed by atoms with Crippen molar-refractivity contribution in [2.24, 2.45) is 0 Å². The maximum absolute atomic E-state index is 13.6. The monoisotopic (exact) mass is 290 g/mol. The van der Waals surface area contributed by atoms with Crippen molar-refractivity contribution in [2.45, 2.75) is 31.7 Å². The van der Waals surface area contributed by atoms with Gasteiger partial charge in [0.05, 0.1) is 0 Å². The van der Waals surface area contributed by atoms with Crippen molar-refractivity contribution in [1.29, 1.82) is 0 Å². The zero-order valence-electron chi connectivity index (χ0n) is 12.4. The predicted octanol–water partition coefficient (Wildman–Crippen LogP) is 2.52. The van der Waals surface area contributed by atoms with E-state index in [0.717, 1.165) is 25.9 Å². The summed E-state index contributed by atoms with van der Waals surface area (Å²) in [6.45, 7) is 5.93. The molecule has 4 heteroatoms. The summed E-state index contributed by atoms with van der Waals surface area (Å²) in [6.07, 6.45) is 4.87. The van der Waals surface area contributed by atoms with Crippen LogP contribution in [0.5, 0.6) is 0 Å². The number of benzene rings is 1. The van der Waals surface area contributed by atoms with Gasteiger partial charge in [0.1, 0.15) is 5.82 Å². The van der Waals surface area contributed by atoms with Gasteiger partial charge in [-0.2, -0.15) is 0 Å². The molecule has 21 heavy (non-hydrogen) atoms. The molecule has 1 aromatic rings. The maximum atomic E-state index is 13.6. The third kappa shape index (κ3) is 4.39. The summed E-state index contributed by atoms with van der Waals surface area (Å²) in [5.41, 5.74) is 0.681. The molecule has 1 aliphatic heterocycles. The van der Waals surface area contributed by atoms with Crippen LogP contribution >= 0.6 is 0 Å². The van der Waals surface area contributed by atoms with Gasteiger partial charge in [0.15, 0.2) is 0 Å². The molecule has 0 radical (unpaired) electrons. The second kappa shape index (κ2) is 7.93. The Kier molecular flexibility index (Phi) is 5.93. The van der Waals surface area contributed by atoms with Crippen LogP contribution in [0.15, 0.2) is 36.9 Å². The van der Waals surface area contributed by atoms with Crippen molar-refractivity contribution < 1.29 is 9.18 Å². The van der Waals surface area contributed by atoms with E-state index >= 15 is 0 Å². The summed E-state index contributed by atoms with van der Waals surface area (Å²) >= 11 is 0. The quantitative estimate of drug-likeness (QED) is 0.589. The number of hydrogen-bond donors (Lipinski definition) is 1. The lowest BCUT2D eigenvalue weighted by Gasteiger charge is -2.25. The largest absolute Gasteiger partial charge is 0.339 e. The van der Waals surface area contributed by atoms with E-state index in [9.17, 15) is 9.18 Å². The highest BCUT2D eigenvalue weighted by molar-refractivity contribution is 5.78. The molecule has 0 spiro atoms. The minimum Gasteiger partial charge on any atom is -0.339 e. The van der Waals surface area contributed by atoms with E-state index in [4.69, 9.17) is 0 Å². The number of likely N-dealkylation sites (tertiary alicyclic amines) is 1. The molecule has 0 bridgehead atoms. The van der Waals surface area contributed by atoms with Gasteiger partial charge in [-0.1, -0.05) is 24.3 Å². The van der Waals surface area contributed by atoms with Gasteiger partial charge in [0.2, 0.25) is 5.91 Å². The fourth-order valence-corrected chi connectivity index (χ4v) is 2.82. The molecule has 1 N–H and O–H groups in total. The standard InChI is InChI=1S/C17H23FN2O/c1-2-11-19-12-9-15-7-8-17(21)20(15)13-10-14-5-3-4-6-16(14)18/h2-6,15,19H,1,7-13H2/t15-/m1/s1. The number of carbonyl (C=O) groups is 1. The lowest BCUT2D eigenvalue weighted by atomic mass is 10.1. The molecule has 1 saturated heterocycles. The van der Waals surface area contributed by atoms with E-state index in [1.165, 1.54) is 6.07 Å². The van der Waals surface area contributed by atoms with Gasteiger partial charge in [-0.25, -0.2) is 4.39 Å². The Morgan fingerprint density at radius 2 is 2.24 bits per heavy atom. The third-order valence-corrected chi connectivity index (χ3v) is 3.98. The lowest BCUT2D eigenvalue weighted by Crippen LogP contribution is -2.36. The second-order valence-electron chi connectivity index (χ2n) is 5.40. The minimum absolute atomic E-state index is 0.187. The van der Waals surface area contributed by atoms with E-state index in [-0.39, 0.29) is 17.8 Å². The molecule has 3 nitrogen and oxygen atoms in total. The Morgan fingerprint density at radius 3 is 3.00 bits per heavy atom. The molecule has 0 aliphatic carbocycles. The van der Waals surface area contributed by atoms with Crippen molar-refractivity contribution in [2.75, 3.05) is 19.6 Å². The Balaban J connectivity index is 1.85. The maximum Gasteiger partial charge on any atom is 0.222 e. The molecule has 1 fully saturated rings. The first-order valence-electron chi connectivity index (χ1n) is 7.57. The molecular weight excluding hydrogens is 267 g/mol. The van der Waals surface area contributed by atoms with Crippen molar-refractivity contribution in [3.63, 3.8) is 0 Å². The molecule has 1 aromatic carbocycles. The van der Waals surface area contributed by atoms with Crippen LogP contribution in [0.3, 0.4) is 0 Å². The highest BCUT2D eigenvalue weighted by Gasteiger charge is 2.29. The molecule has 1 atom stereocenters. The van der Waals surface area contributed by atoms with Crippen LogP contribution in [0.25, 0.3) is 0 Å². The number of carbonyl (C=O) groups excluding carboxylic acids is 1. The third-order valence-electron chi connectivity index (χ3n) is 3.98. The van der Waals surface area contributed by atoms with E-state index in [2.05, 4.69) is 11.9 Å². The molecule has 1 amide bonds. The number of nitrogens with one attached hydrogen (secondary N) is 1. The SMILES string of the molecule is C=CCNCC[C@H]1CCC(=O)N1CCc1ccccc1F. The molecule has 1 heterocycles. The number of rotatable bonds is 8. The van der Waals surface area contributed by atoms with Gasteiger partial charge in [-0.15, -0.1) is 6.58 Å². The summed E-state index contributed by atoms with van der Waals surface area (Å²) in [5, 5.41) is 3.26. The van der Waals surface area contributed by atoms with Crippen LogP contribution in [-0.4, -0.2) is 36.5 Å². The van der Waals surface area contributed by atoms with Crippen molar-refractivity contribution in [3.05, 3.63) is 48.3 Å². The van der Waals surface area contributed by atoms with Gasteiger partial charge >= 0.3 is 0 Å². The fraction of sp³-hybridized carbons (Fsp3) is 0.471. The first-order valence-corrected chi connectivity index (χ1v) is 7.57. The highest BCUT2D eigenvalue weighted by atomic mass is 19.1. The Morgan fingerprint density at radius 1 is 1.43 bits per heavy atom. The van der Waals surface area contributed by atoms with E-state index in [0.29, 0.717) is 24.9 Å². The molecular formula is C17H23FN2O. The zero-order chi connectivity index (χ0) is 15.1. The number of nitrogens with zero attached hydrogens (tertiary/aromatic N) is 1. The van der Waals surface area contributed by atoms with Crippen LogP contribution in [0.4, 0.5) is 4.39 Å². The summed E-state index contributed by atoms with van der Waals surface area (Å²) in [4.78, 5) is 13.9. The van der Waals surface area contributed by atoms with Gasteiger partial charge in [-0.3, -0.25) is 4.79 Å². The summed E-state index contributed by atoms with van der Waals surface area (Å²) in [7, 11) is 0. The molecule has 0 aromatic heterocycles. The smallest absolute Gasteiger partial charge is 0.222 e. The van der Waals surface area contributed by atoms with Gasteiger partial charge < -0.3 is 10.2 Å². The number of halogens is 1. The zero-order valence-corrected chi connectivity index (χ0v) is 12.4. The first kappa shape index (κ1) is 15.7. The molecule has 2 rings (SSSR count). The average Bonchev–Trinajstić information content (AvgIpc) is 2.83. The normalized spacial score (nSPS) is 18.2. The van der Waals surface area contributed by atoms with Crippen LogP contribution in [-0.2, 0) is 11.2 Å². The number of amides is 1. The molecule has 0 unspecified atom stereocenters. The predicted molar refractivity (Wildman–Crippen MR) is 82.5 cm³/mol. The van der Waals surface area contributed by atoms with Gasteiger partial charge in [0, 0.05) is 25.6 Å². The Hall–Kier alpha value is -1.68. The van der Waals surface area contributed by atoms with Crippen LogP contribution in [0.2, 0.25) is 0 Å². The van der Waals surface area contributed by atoms with E-state index < -0.39 is 0 Å². The topological polar surface area (TPSA) is 32.3 Å². The van der Waals surface area contributed by atoms with Crippen LogP contribution in [0.1, 0.15) is 24.8 Å². The van der Waals surface area contributed by atoms with Crippen molar-refractivity contribution in [3.8, 4) is 0 Å². The van der Waals surface area contributed by atoms with E-state index in [1.54, 1.807) is 12.1 Å². The van der Waals surface area contributed by atoms with Crippen molar-refractivity contribution >= 4 is 5.91 Å². The fourth-order valence-electron chi connectivity index (χ4n) is 2.82. The number of hydrogen-bond acceptors (Lipinski definition) is 2. The summed E-state index contributed by atoms with van der Waals surface area (Å²) in [5.74, 6) is 0.00778. The Labute approximate surface area is 125 Å². The van der Waals surface area contributed by atoms with Crippen molar-refractivity contribution in [1.82, 2.24) is 10.2 Å². The van der Waals surface area contributed by atoms with Crippen LogP contribution < -0.4 is 5.32 Å². The van der Waals surface area contributed by atoms with E-state index in [1.807, 2.05) is 17.0 Å². The first-order chi connectivity index (χ1) is 10.2. The summed E-state index contributed by atoms with van der Waals surface area (Å²) in [6, 6.07) is 7.06. The average molecular weight is 290 g/mol. The summed E-state index contributed by atoms with van der Waals surface area (Å²) < 4.78 is 13.6. The highest BCUT2D eigenvalue weighted by Crippen LogP contribution is 2.22. The van der Waals surface area contributed by atoms with Gasteiger partial charge in [0.25, 0.3) is 0 Å².